The SMILES string of the molecule is Cc1cc(C)n(CC(=O)N/N=C/c2ccccc2F)n1. The number of carbonyl (C=O) groups is 1. The van der Waals surface area contributed by atoms with Crippen LogP contribution in [0.5, 0.6) is 0 Å². The van der Waals surface area contributed by atoms with E-state index in [-0.39, 0.29) is 18.3 Å². The van der Waals surface area contributed by atoms with Crippen LogP contribution in [0.3, 0.4) is 0 Å². The zero-order chi connectivity index (χ0) is 14.5. The standard InChI is InChI=1S/C14H15FN4O/c1-10-7-11(2)19(18-10)9-14(20)17-16-8-12-5-3-4-6-13(12)15/h3-8H,9H2,1-2H3,(H,17,20)/b16-8+. The number of hydrogen-bond acceptors (Lipinski definition) is 3. The van der Waals surface area contributed by atoms with Crippen molar-refractivity contribution in [2.75, 3.05) is 0 Å². The average molecular weight is 274 g/mol. The number of carbonyl (C=O) groups excluding carboxylic acids is 1. The molecule has 0 saturated carbocycles. The van der Waals surface area contributed by atoms with Gasteiger partial charge in [-0.25, -0.2) is 9.82 Å². The van der Waals surface area contributed by atoms with Crippen molar-refractivity contribution in [3.8, 4) is 0 Å². The molecular formula is C14H15FN4O. The number of benzene rings is 1. The van der Waals surface area contributed by atoms with E-state index in [2.05, 4.69) is 15.6 Å². The van der Waals surface area contributed by atoms with Crippen LogP contribution < -0.4 is 5.43 Å². The minimum absolute atomic E-state index is 0.0777. The Kier molecular flexibility index (Phi) is 4.24. The van der Waals surface area contributed by atoms with Crippen LogP contribution in [0.15, 0.2) is 35.4 Å². The fraction of sp³-hybridized carbons (Fsp3) is 0.214. The Balaban J connectivity index is 1.93. The summed E-state index contributed by atoms with van der Waals surface area (Å²) < 4.78 is 14.9. The van der Waals surface area contributed by atoms with Gasteiger partial charge in [0.15, 0.2) is 0 Å². The Morgan fingerprint density at radius 2 is 2.20 bits per heavy atom. The summed E-state index contributed by atoms with van der Waals surface area (Å²) in [5.74, 6) is -0.701. The minimum atomic E-state index is -0.385. The molecule has 1 heterocycles. The smallest absolute Gasteiger partial charge is 0.261 e. The fourth-order valence-electron chi connectivity index (χ4n) is 1.76. The molecule has 2 rings (SSSR count). The van der Waals surface area contributed by atoms with Gasteiger partial charge in [0.1, 0.15) is 12.4 Å². The second-order valence-electron chi connectivity index (χ2n) is 4.40. The lowest BCUT2D eigenvalue weighted by molar-refractivity contribution is -0.121. The summed E-state index contributed by atoms with van der Waals surface area (Å²) in [7, 11) is 0. The number of aromatic nitrogens is 2. The highest BCUT2D eigenvalue weighted by molar-refractivity contribution is 5.82. The van der Waals surface area contributed by atoms with Crippen molar-refractivity contribution in [2.24, 2.45) is 5.10 Å². The molecule has 6 heteroatoms. The van der Waals surface area contributed by atoms with Crippen molar-refractivity contribution in [3.05, 3.63) is 53.1 Å². The summed E-state index contributed by atoms with van der Waals surface area (Å²) in [5, 5.41) is 7.90. The van der Waals surface area contributed by atoms with Gasteiger partial charge in [0.05, 0.1) is 11.9 Å². The molecule has 0 fully saturated rings. The van der Waals surface area contributed by atoms with Gasteiger partial charge in [0.25, 0.3) is 5.91 Å². The van der Waals surface area contributed by atoms with Gasteiger partial charge in [-0.3, -0.25) is 9.48 Å². The average Bonchev–Trinajstić information content (AvgIpc) is 2.70. The Hall–Kier alpha value is -2.50. The second kappa shape index (κ2) is 6.10. The first-order valence-corrected chi connectivity index (χ1v) is 6.14. The number of rotatable bonds is 4. The van der Waals surface area contributed by atoms with E-state index >= 15 is 0 Å². The van der Waals surface area contributed by atoms with Crippen LogP contribution in [0.4, 0.5) is 4.39 Å². The van der Waals surface area contributed by atoms with Crippen LogP contribution in [0.25, 0.3) is 0 Å². The van der Waals surface area contributed by atoms with E-state index < -0.39 is 0 Å². The van der Waals surface area contributed by atoms with Crippen molar-refractivity contribution in [1.29, 1.82) is 0 Å². The van der Waals surface area contributed by atoms with Gasteiger partial charge in [-0.2, -0.15) is 10.2 Å². The molecule has 0 aliphatic heterocycles. The van der Waals surface area contributed by atoms with Crippen molar-refractivity contribution < 1.29 is 9.18 Å². The van der Waals surface area contributed by atoms with Gasteiger partial charge >= 0.3 is 0 Å². The quantitative estimate of drug-likeness (QED) is 0.682. The van der Waals surface area contributed by atoms with Gasteiger partial charge in [-0.15, -0.1) is 0 Å². The molecule has 2 aromatic rings. The first-order chi connectivity index (χ1) is 9.56. The molecule has 0 bridgehead atoms. The van der Waals surface area contributed by atoms with E-state index in [1.165, 1.54) is 12.3 Å². The number of amides is 1. The summed E-state index contributed by atoms with van der Waals surface area (Å²) in [5.41, 5.74) is 4.42. The molecule has 5 nitrogen and oxygen atoms in total. The molecular weight excluding hydrogens is 259 g/mol. The molecule has 0 saturated heterocycles. The van der Waals surface area contributed by atoms with Crippen molar-refractivity contribution >= 4 is 12.1 Å². The predicted octanol–water partition coefficient (Wildman–Crippen LogP) is 1.79. The van der Waals surface area contributed by atoms with Crippen LogP contribution in [-0.2, 0) is 11.3 Å². The monoisotopic (exact) mass is 274 g/mol. The van der Waals surface area contributed by atoms with Crippen molar-refractivity contribution in [2.45, 2.75) is 20.4 Å². The molecule has 0 spiro atoms. The summed E-state index contributed by atoms with van der Waals surface area (Å²) >= 11 is 0. The lowest BCUT2D eigenvalue weighted by Gasteiger charge is -2.02. The Bertz CT molecular complexity index is 648. The first kappa shape index (κ1) is 13.9. The summed E-state index contributed by atoms with van der Waals surface area (Å²) in [4.78, 5) is 11.7. The number of aryl methyl sites for hydroxylation is 2. The normalized spacial score (nSPS) is 10.9. The zero-order valence-electron chi connectivity index (χ0n) is 11.3. The fourth-order valence-corrected chi connectivity index (χ4v) is 1.76. The highest BCUT2D eigenvalue weighted by atomic mass is 19.1. The number of nitrogens with one attached hydrogen (secondary N) is 1. The van der Waals surface area contributed by atoms with Crippen LogP contribution in [0.1, 0.15) is 17.0 Å². The summed E-state index contributed by atoms with van der Waals surface area (Å²) in [6.07, 6.45) is 1.27. The van der Waals surface area contributed by atoms with E-state index in [4.69, 9.17) is 0 Å². The van der Waals surface area contributed by atoms with Gasteiger partial charge in [0, 0.05) is 11.3 Å². The Morgan fingerprint density at radius 1 is 1.45 bits per heavy atom. The molecule has 0 aliphatic rings. The number of hydrazone groups is 1. The molecule has 0 aliphatic carbocycles. The maximum Gasteiger partial charge on any atom is 0.261 e. The third-order valence-electron chi connectivity index (χ3n) is 2.69. The number of hydrogen-bond donors (Lipinski definition) is 1. The number of halogens is 1. The van der Waals surface area contributed by atoms with Gasteiger partial charge in [-0.05, 0) is 26.0 Å². The summed E-state index contributed by atoms with van der Waals surface area (Å²) in [6, 6.07) is 8.08. The van der Waals surface area contributed by atoms with Crippen molar-refractivity contribution in [3.63, 3.8) is 0 Å². The molecule has 1 aromatic carbocycles. The molecule has 0 radical (unpaired) electrons. The lowest BCUT2D eigenvalue weighted by atomic mass is 10.2. The maximum absolute atomic E-state index is 13.3. The molecule has 20 heavy (non-hydrogen) atoms. The van der Waals surface area contributed by atoms with Gasteiger partial charge in [0.2, 0.25) is 0 Å². The molecule has 0 unspecified atom stereocenters. The van der Waals surface area contributed by atoms with E-state index in [0.717, 1.165) is 11.4 Å². The topological polar surface area (TPSA) is 59.3 Å². The van der Waals surface area contributed by atoms with Gasteiger partial charge in [-0.1, -0.05) is 18.2 Å². The van der Waals surface area contributed by atoms with E-state index in [1.54, 1.807) is 22.9 Å². The van der Waals surface area contributed by atoms with Crippen LogP contribution >= 0.6 is 0 Å². The molecule has 1 amide bonds. The Morgan fingerprint density at radius 3 is 2.85 bits per heavy atom. The first-order valence-electron chi connectivity index (χ1n) is 6.14. The lowest BCUT2D eigenvalue weighted by Crippen LogP contribution is -2.24. The largest absolute Gasteiger partial charge is 0.271 e. The molecule has 0 atom stereocenters. The predicted molar refractivity (Wildman–Crippen MR) is 73.8 cm³/mol. The molecule has 104 valence electrons. The number of nitrogens with zero attached hydrogens (tertiary/aromatic N) is 3. The zero-order valence-corrected chi connectivity index (χ0v) is 11.3. The third-order valence-corrected chi connectivity index (χ3v) is 2.69. The molecule has 1 N–H and O–H groups in total. The summed E-state index contributed by atoms with van der Waals surface area (Å²) in [6.45, 7) is 3.81. The van der Waals surface area contributed by atoms with Crippen molar-refractivity contribution in [1.82, 2.24) is 15.2 Å². The van der Waals surface area contributed by atoms with Crippen LogP contribution in [0, 0.1) is 19.7 Å². The van der Waals surface area contributed by atoms with E-state index in [1.807, 2.05) is 19.9 Å². The molecule has 1 aromatic heterocycles. The van der Waals surface area contributed by atoms with Gasteiger partial charge < -0.3 is 0 Å². The minimum Gasteiger partial charge on any atom is -0.271 e. The highest BCUT2D eigenvalue weighted by Crippen LogP contribution is 2.03. The third kappa shape index (κ3) is 3.50. The van der Waals surface area contributed by atoms with E-state index in [9.17, 15) is 9.18 Å². The second-order valence-corrected chi connectivity index (χ2v) is 4.40. The highest BCUT2D eigenvalue weighted by Gasteiger charge is 2.06. The Labute approximate surface area is 116 Å². The van der Waals surface area contributed by atoms with Crippen LogP contribution in [0.2, 0.25) is 0 Å². The van der Waals surface area contributed by atoms with E-state index in [0.29, 0.717) is 5.56 Å². The van der Waals surface area contributed by atoms with Crippen LogP contribution in [-0.4, -0.2) is 21.9 Å². The maximum atomic E-state index is 13.3.